The molecule has 0 aromatic carbocycles. The number of imide groups is 1. The third-order valence-corrected chi connectivity index (χ3v) is 3.35. The molecule has 3 N–H and O–H groups in total. The maximum absolute atomic E-state index is 11.6. The minimum atomic E-state index is -0.408. The van der Waals surface area contributed by atoms with Crippen LogP contribution in [0.3, 0.4) is 0 Å². The lowest BCUT2D eigenvalue weighted by Gasteiger charge is -2.31. The Kier molecular flexibility index (Phi) is 10.4. The normalized spacial score (nSPS) is 16.3. The van der Waals surface area contributed by atoms with E-state index in [-0.39, 0.29) is 18.3 Å². The topological polar surface area (TPSA) is 73.5 Å². The monoisotopic (exact) mass is 306 g/mol. The summed E-state index contributed by atoms with van der Waals surface area (Å²) in [6, 6.07) is -0.408. The third-order valence-electron chi connectivity index (χ3n) is 3.35. The van der Waals surface area contributed by atoms with Crippen LogP contribution in [0.5, 0.6) is 0 Å². The molecule has 0 atom stereocenters. The minimum Gasteiger partial charge on any atom is -0.338 e. The Morgan fingerprint density at radius 2 is 1.80 bits per heavy atom. The molecule has 0 aromatic rings. The number of carbonyl (C=O) groups excluding carboxylic acids is 2. The van der Waals surface area contributed by atoms with Crippen molar-refractivity contribution in [3.8, 4) is 0 Å². The number of amides is 3. The average molecular weight is 307 g/mol. The molecule has 0 unspecified atom stereocenters. The zero-order chi connectivity index (χ0) is 14.1. The summed E-state index contributed by atoms with van der Waals surface area (Å²) in [5, 5.41) is 8.24. The first-order valence-electron chi connectivity index (χ1n) is 7.16. The van der Waals surface area contributed by atoms with Crippen molar-refractivity contribution < 1.29 is 9.59 Å². The van der Waals surface area contributed by atoms with Gasteiger partial charge in [-0.25, -0.2) is 4.79 Å². The van der Waals surface area contributed by atoms with E-state index in [1.165, 1.54) is 0 Å². The molecule has 1 rings (SSSR count). The highest BCUT2D eigenvalue weighted by Crippen LogP contribution is 2.15. The van der Waals surface area contributed by atoms with Crippen LogP contribution < -0.4 is 16.0 Å². The first-order valence-corrected chi connectivity index (χ1v) is 7.16. The van der Waals surface area contributed by atoms with Gasteiger partial charge in [-0.2, -0.15) is 0 Å². The van der Waals surface area contributed by atoms with E-state index in [4.69, 9.17) is 0 Å². The largest absolute Gasteiger partial charge is 0.338 e. The molecule has 3 amide bonds. The number of carbonyl (C=O) groups is 2. The Bertz CT molecular complexity index is 294. The van der Waals surface area contributed by atoms with Gasteiger partial charge < -0.3 is 10.6 Å². The van der Waals surface area contributed by atoms with Gasteiger partial charge in [0.15, 0.2) is 0 Å². The van der Waals surface area contributed by atoms with E-state index in [1.54, 1.807) is 0 Å². The van der Waals surface area contributed by atoms with Crippen LogP contribution >= 0.6 is 12.4 Å². The molecular weight excluding hydrogens is 280 g/mol. The number of rotatable bonds is 6. The van der Waals surface area contributed by atoms with E-state index in [0.29, 0.717) is 19.0 Å². The lowest BCUT2D eigenvalue weighted by molar-refractivity contribution is -0.121. The summed E-state index contributed by atoms with van der Waals surface area (Å²) in [6.07, 6.45) is 2.23. The first kappa shape index (κ1) is 19.1. The second kappa shape index (κ2) is 10.9. The number of hydrogen-bond acceptors (Lipinski definition) is 4. The van der Waals surface area contributed by atoms with Crippen LogP contribution in [0.1, 0.15) is 26.7 Å². The van der Waals surface area contributed by atoms with Gasteiger partial charge in [0.2, 0.25) is 5.91 Å². The summed E-state index contributed by atoms with van der Waals surface area (Å²) in [5.41, 5.74) is 0. The van der Waals surface area contributed by atoms with E-state index in [0.717, 1.165) is 39.0 Å². The number of urea groups is 1. The number of hydrogen-bond donors (Lipinski definition) is 3. The van der Waals surface area contributed by atoms with Gasteiger partial charge in [0, 0.05) is 6.54 Å². The molecule has 0 spiro atoms. The molecule has 0 bridgehead atoms. The summed E-state index contributed by atoms with van der Waals surface area (Å²) in [7, 11) is 0. The number of halogens is 1. The Morgan fingerprint density at radius 3 is 2.35 bits per heavy atom. The van der Waals surface area contributed by atoms with Gasteiger partial charge >= 0.3 is 6.03 Å². The summed E-state index contributed by atoms with van der Waals surface area (Å²) >= 11 is 0. The predicted octanol–water partition coefficient (Wildman–Crippen LogP) is 0.575. The predicted molar refractivity (Wildman–Crippen MR) is 82.2 cm³/mol. The van der Waals surface area contributed by atoms with Gasteiger partial charge in [-0.15, -0.1) is 12.4 Å². The number of piperidine rings is 1. The van der Waals surface area contributed by atoms with Crippen LogP contribution in [-0.4, -0.2) is 56.1 Å². The molecule has 6 nitrogen and oxygen atoms in total. The molecule has 1 aliphatic rings. The molecule has 20 heavy (non-hydrogen) atoms. The molecule has 118 valence electrons. The van der Waals surface area contributed by atoms with Crippen molar-refractivity contribution >= 4 is 24.3 Å². The Hall–Kier alpha value is -0.850. The van der Waals surface area contributed by atoms with E-state index >= 15 is 0 Å². The zero-order valence-corrected chi connectivity index (χ0v) is 13.2. The lowest BCUT2D eigenvalue weighted by Crippen LogP contribution is -2.46. The van der Waals surface area contributed by atoms with Crippen molar-refractivity contribution in [2.75, 3.05) is 39.3 Å². The highest BCUT2D eigenvalue weighted by molar-refractivity contribution is 5.95. The SMILES string of the molecule is CCNCC1CCN(CC(=O)NC(=O)NCC)CC1.Cl. The molecule has 1 saturated heterocycles. The Balaban J connectivity index is 0.00000361. The molecule has 0 aliphatic carbocycles. The molecule has 1 fully saturated rings. The molecule has 0 radical (unpaired) electrons. The Morgan fingerprint density at radius 1 is 1.15 bits per heavy atom. The fourth-order valence-corrected chi connectivity index (χ4v) is 2.27. The number of nitrogens with one attached hydrogen (secondary N) is 3. The second-order valence-corrected chi connectivity index (χ2v) is 4.93. The van der Waals surface area contributed by atoms with Crippen LogP contribution in [-0.2, 0) is 4.79 Å². The molecule has 0 saturated carbocycles. The molecular formula is C13H27ClN4O2. The molecule has 0 aromatic heterocycles. The summed E-state index contributed by atoms with van der Waals surface area (Å²) in [5.74, 6) is 0.485. The van der Waals surface area contributed by atoms with Crippen LogP contribution in [0, 0.1) is 5.92 Å². The van der Waals surface area contributed by atoms with Gasteiger partial charge in [-0.1, -0.05) is 6.92 Å². The zero-order valence-electron chi connectivity index (χ0n) is 12.4. The molecule has 1 heterocycles. The van der Waals surface area contributed by atoms with E-state index in [1.807, 2.05) is 6.92 Å². The number of nitrogens with zero attached hydrogens (tertiary/aromatic N) is 1. The highest BCUT2D eigenvalue weighted by atomic mass is 35.5. The fourth-order valence-electron chi connectivity index (χ4n) is 2.27. The minimum absolute atomic E-state index is 0. The van der Waals surface area contributed by atoms with Gasteiger partial charge in [0.1, 0.15) is 0 Å². The van der Waals surface area contributed by atoms with E-state index in [9.17, 15) is 9.59 Å². The van der Waals surface area contributed by atoms with Crippen molar-refractivity contribution in [2.45, 2.75) is 26.7 Å². The summed E-state index contributed by atoms with van der Waals surface area (Å²) in [6.45, 7) is 8.70. The van der Waals surface area contributed by atoms with Gasteiger partial charge in [-0.3, -0.25) is 15.0 Å². The third kappa shape index (κ3) is 7.67. The molecule has 1 aliphatic heterocycles. The quantitative estimate of drug-likeness (QED) is 0.671. The van der Waals surface area contributed by atoms with E-state index < -0.39 is 6.03 Å². The van der Waals surface area contributed by atoms with Crippen molar-refractivity contribution in [2.24, 2.45) is 5.92 Å². The van der Waals surface area contributed by atoms with Gasteiger partial charge in [-0.05, 0) is 51.9 Å². The first-order chi connectivity index (χ1) is 9.15. The van der Waals surface area contributed by atoms with Crippen molar-refractivity contribution in [3.05, 3.63) is 0 Å². The Labute approximate surface area is 127 Å². The summed E-state index contributed by atoms with van der Waals surface area (Å²) < 4.78 is 0. The molecule has 7 heteroatoms. The lowest BCUT2D eigenvalue weighted by atomic mass is 9.97. The van der Waals surface area contributed by atoms with Crippen LogP contribution in [0.15, 0.2) is 0 Å². The van der Waals surface area contributed by atoms with Gasteiger partial charge in [0.25, 0.3) is 0 Å². The van der Waals surface area contributed by atoms with Crippen molar-refractivity contribution in [1.82, 2.24) is 20.9 Å². The maximum atomic E-state index is 11.6. The fraction of sp³-hybridized carbons (Fsp3) is 0.846. The highest BCUT2D eigenvalue weighted by Gasteiger charge is 2.20. The average Bonchev–Trinajstić information content (AvgIpc) is 2.38. The van der Waals surface area contributed by atoms with Crippen LogP contribution in [0.2, 0.25) is 0 Å². The maximum Gasteiger partial charge on any atom is 0.321 e. The standard InChI is InChI=1S/C13H26N4O2.ClH/c1-3-14-9-11-5-7-17(8-6-11)10-12(18)16-13(19)15-4-2;/h11,14H,3-10H2,1-2H3,(H2,15,16,18,19);1H. The van der Waals surface area contributed by atoms with Crippen LogP contribution in [0.25, 0.3) is 0 Å². The smallest absolute Gasteiger partial charge is 0.321 e. The number of likely N-dealkylation sites (tertiary alicyclic amines) is 1. The second-order valence-electron chi connectivity index (χ2n) is 4.93. The van der Waals surface area contributed by atoms with E-state index in [2.05, 4.69) is 27.8 Å². The van der Waals surface area contributed by atoms with Crippen molar-refractivity contribution in [3.63, 3.8) is 0 Å². The van der Waals surface area contributed by atoms with Gasteiger partial charge in [0.05, 0.1) is 6.54 Å². The van der Waals surface area contributed by atoms with Crippen molar-refractivity contribution in [1.29, 1.82) is 0 Å². The summed E-state index contributed by atoms with van der Waals surface area (Å²) in [4.78, 5) is 24.9. The van der Waals surface area contributed by atoms with Crippen LogP contribution in [0.4, 0.5) is 4.79 Å².